The number of hydrogen-bond acceptors (Lipinski definition) is 3. The van der Waals surface area contributed by atoms with Crippen LogP contribution in [0, 0.1) is 0 Å². The van der Waals surface area contributed by atoms with Crippen LogP contribution in [0.4, 0.5) is 0 Å². The molecule has 2 fully saturated rings. The Balaban J connectivity index is 1.60. The zero-order valence-electron chi connectivity index (χ0n) is 12.4. The van der Waals surface area contributed by atoms with Crippen LogP contribution in [0.2, 0.25) is 0 Å². The fourth-order valence-corrected chi connectivity index (χ4v) is 2.82. The molecule has 1 aromatic heterocycles. The van der Waals surface area contributed by atoms with Crippen molar-refractivity contribution in [1.29, 1.82) is 0 Å². The number of nitrogens with one attached hydrogen (secondary N) is 1. The molecule has 1 saturated heterocycles. The summed E-state index contributed by atoms with van der Waals surface area (Å²) in [6.07, 6.45) is 4.74. The molecule has 3 rings (SSSR count). The second kappa shape index (κ2) is 5.17. The van der Waals surface area contributed by atoms with E-state index in [1.165, 1.54) is 12.8 Å². The fourth-order valence-electron chi connectivity index (χ4n) is 2.82. The van der Waals surface area contributed by atoms with Crippen molar-refractivity contribution in [2.24, 2.45) is 0 Å². The lowest BCUT2D eigenvalue weighted by Crippen LogP contribution is -2.54. The predicted molar refractivity (Wildman–Crippen MR) is 78.6 cm³/mol. The molecule has 1 aromatic rings. The molecule has 0 aromatic carbocycles. The van der Waals surface area contributed by atoms with E-state index in [2.05, 4.69) is 24.1 Å². The van der Waals surface area contributed by atoms with E-state index in [-0.39, 0.29) is 11.4 Å². The van der Waals surface area contributed by atoms with E-state index in [0.717, 1.165) is 30.9 Å². The molecule has 4 heteroatoms. The first-order valence-corrected chi connectivity index (χ1v) is 7.56. The van der Waals surface area contributed by atoms with Crippen LogP contribution in [0.5, 0.6) is 0 Å². The van der Waals surface area contributed by atoms with Crippen LogP contribution < -0.4 is 5.32 Å². The second-order valence-corrected chi connectivity index (χ2v) is 6.45. The second-order valence-electron chi connectivity index (χ2n) is 6.45. The predicted octanol–water partition coefficient (Wildman–Crippen LogP) is 1.71. The maximum atomic E-state index is 12.4. The molecule has 1 aliphatic carbocycles. The molecule has 108 valence electrons. The summed E-state index contributed by atoms with van der Waals surface area (Å²) in [7, 11) is 0. The Morgan fingerprint density at radius 1 is 1.45 bits per heavy atom. The summed E-state index contributed by atoms with van der Waals surface area (Å²) in [5.74, 6) is 0.666. The van der Waals surface area contributed by atoms with Gasteiger partial charge in [-0.3, -0.25) is 9.78 Å². The van der Waals surface area contributed by atoms with Crippen molar-refractivity contribution in [3.63, 3.8) is 0 Å². The van der Waals surface area contributed by atoms with Gasteiger partial charge in [0, 0.05) is 37.1 Å². The SMILES string of the molecule is CC(C)c1ccc(CC(=O)N2CCNC3(CC3)C2)cn1. The van der Waals surface area contributed by atoms with E-state index in [1.807, 2.05) is 23.2 Å². The highest BCUT2D eigenvalue weighted by molar-refractivity contribution is 5.79. The first-order valence-electron chi connectivity index (χ1n) is 7.56. The molecule has 0 radical (unpaired) electrons. The third-order valence-electron chi connectivity index (χ3n) is 4.38. The van der Waals surface area contributed by atoms with Gasteiger partial charge in [-0.1, -0.05) is 19.9 Å². The van der Waals surface area contributed by atoms with Gasteiger partial charge in [-0.25, -0.2) is 0 Å². The normalized spacial score (nSPS) is 20.4. The van der Waals surface area contributed by atoms with E-state index in [9.17, 15) is 4.79 Å². The van der Waals surface area contributed by atoms with Gasteiger partial charge < -0.3 is 10.2 Å². The molecular formula is C16H23N3O. The molecule has 1 N–H and O–H groups in total. The maximum Gasteiger partial charge on any atom is 0.227 e. The van der Waals surface area contributed by atoms with Crippen LogP contribution in [0.3, 0.4) is 0 Å². The summed E-state index contributed by atoms with van der Waals surface area (Å²) in [5, 5.41) is 3.53. The summed E-state index contributed by atoms with van der Waals surface area (Å²) < 4.78 is 0. The van der Waals surface area contributed by atoms with Crippen molar-refractivity contribution in [3.05, 3.63) is 29.6 Å². The lowest BCUT2D eigenvalue weighted by Gasteiger charge is -2.34. The monoisotopic (exact) mass is 273 g/mol. The first-order chi connectivity index (χ1) is 9.58. The highest BCUT2D eigenvalue weighted by Gasteiger charge is 2.46. The Labute approximate surface area is 120 Å². The Morgan fingerprint density at radius 3 is 2.85 bits per heavy atom. The molecule has 0 bridgehead atoms. The van der Waals surface area contributed by atoms with Crippen molar-refractivity contribution < 1.29 is 4.79 Å². The fraction of sp³-hybridized carbons (Fsp3) is 0.625. The highest BCUT2D eigenvalue weighted by atomic mass is 16.2. The van der Waals surface area contributed by atoms with Crippen LogP contribution in [-0.4, -0.2) is 41.0 Å². The van der Waals surface area contributed by atoms with Crippen molar-refractivity contribution >= 4 is 5.91 Å². The number of carbonyl (C=O) groups excluding carboxylic acids is 1. The molecule has 1 spiro atoms. The molecule has 1 saturated carbocycles. The van der Waals surface area contributed by atoms with E-state index < -0.39 is 0 Å². The van der Waals surface area contributed by atoms with E-state index in [1.54, 1.807) is 0 Å². The lowest BCUT2D eigenvalue weighted by molar-refractivity contribution is -0.131. The quantitative estimate of drug-likeness (QED) is 0.912. The van der Waals surface area contributed by atoms with Gasteiger partial charge in [-0.15, -0.1) is 0 Å². The van der Waals surface area contributed by atoms with Gasteiger partial charge in [0.15, 0.2) is 0 Å². The van der Waals surface area contributed by atoms with Crippen molar-refractivity contribution in [2.45, 2.75) is 44.6 Å². The molecule has 4 nitrogen and oxygen atoms in total. The Bertz CT molecular complexity index is 491. The number of carbonyl (C=O) groups is 1. The number of aromatic nitrogens is 1. The molecule has 20 heavy (non-hydrogen) atoms. The van der Waals surface area contributed by atoms with Crippen LogP contribution in [0.15, 0.2) is 18.3 Å². The topological polar surface area (TPSA) is 45.2 Å². The number of hydrogen-bond donors (Lipinski definition) is 1. The van der Waals surface area contributed by atoms with Crippen molar-refractivity contribution in [1.82, 2.24) is 15.2 Å². The highest BCUT2D eigenvalue weighted by Crippen LogP contribution is 2.37. The summed E-state index contributed by atoms with van der Waals surface area (Å²) in [6, 6.07) is 4.07. The third kappa shape index (κ3) is 2.85. The maximum absolute atomic E-state index is 12.4. The average Bonchev–Trinajstić information content (AvgIpc) is 3.18. The number of nitrogens with zero attached hydrogens (tertiary/aromatic N) is 2. The summed E-state index contributed by atoms with van der Waals surface area (Å²) in [4.78, 5) is 18.8. The van der Waals surface area contributed by atoms with Gasteiger partial charge >= 0.3 is 0 Å². The summed E-state index contributed by atoms with van der Waals surface area (Å²) in [6.45, 7) is 6.89. The standard InChI is InChI=1S/C16H23N3O/c1-12(2)14-4-3-13(10-17-14)9-15(20)19-8-7-18-16(11-19)5-6-16/h3-4,10,12,18H,5-9,11H2,1-2H3. The van der Waals surface area contributed by atoms with Crippen LogP contribution in [0.25, 0.3) is 0 Å². The van der Waals surface area contributed by atoms with E-state index in [0.29, 0.717) is 12.3 Å². The van der Waals surface area contributed by atoms with Gasteiger partial charge in [0.1, 0.15) is 0 Å². The Morgan fingerprint density at radius 2 is 2.25 bits per heavy atom. The number of amides is 1. The summed E-state index contributed by atoms with van der Waals surface area (Å²) in [5.41, 5.74) is 2.36. The summed E-state index contributed by atoms with van der Waals surface area (Å²) >= 11 is 0. The van der Waals surface area contributed by atoms with Crippen molar-refractivity contribution in [2.75, 3.05) is 19.6 Å². The Hall–Kier alpha value is -1.42. The Kier molecular flexibility index (Phi) is 3.50. The molecule has 0 atom stereocenters. The zero-order chi connectivity index (χ0) is 14.2. The molecule has 1 amide bonds. The minimum atomic E-state index is 0.233. The largest absolute Gasteiger partial charge is 0.339 e. The van der Waals surface area contributed by atoms with E-state index >= 15 is 0 Å². The molecule has 2 aliphatic rings. The van der Waals surface area contributed by atoms with Crippen LogP contribution >= 0.6 is 0 Å². The lowest BCUT2D eigenvalue weighted by atomic mass is 10.1. The molecular weight excluding hydrogens is 250 g/mol. The zero-order valence-corrected chi connectivity index (χ0v) is 12.4. The number of rotatable bonds is 3. The van der Waals surface area contributed by atoms with E-state index in [4.69, 9.17) is 0 Å². The van der Waals surface area contributed by atoms with Gasteiger partial charge in [0.2, 0.25) is 5.91 Å². The average molecular weight is 273 g/mol. The van der Waals surface area contributed by atoms with Gasteiger partial charge in [-0.05, 0) is 30.4 Å². The first kappa shape index (κ1) is 13.6. The minimum absolute atomic E-state index is 0.233. The van der Waals surface area contributed by atoms with Gasteiger partial charge in [-0.2, -0.15) is 0 Å². The molecule has 1 aliphatic heterocycles. The van der Waals surface area contributed by atoms with Gasteiger partial charge in [0.05, 0.1) is 6.42 Å². The van der Waals surface area contributed by atoms with Gasteiger partial charge in [0.25, 0.3) is 0 Å². The minimum Gasteiger partial charge on any atom is -0.339 e. The van der Waals surface area contributed by atoms with Crippen molar-refractivity contribution in [3.8, 4) is 0 Å². The third-order valence-corrected chi connectivity index (χ3v) is 4.38. The molecule has 2 heterocycles. The van der Waals surface area contributed by atoms with Crippen LogP contribution in [0.1, 0.15) is 43.9 Å². The molecule has 0 unspecified atom stereocenters. The smallest absolute Gasteiger partial charge is 0.227 e. The number of pyridine rings is 1. The number of piperazine rings is 1. The van der Waals surface area contributed by atoms with Crippen LogP contribution in [-0.2, 0) is 11.2 Å².